The fourth-order valence-electron chi connectivity index (χ4n) is 3.45. The number of allylic oxidation sites excluding steroid dienone is 6. The van der Waals surface area contributed by atoms with Crippen molar-refractivity contribution in [1.29, 1.82) is 0 Å². The summed E-state index contributed by atoms with van der Waals surface area (Å²) in [6.07, 6.45) is 6.81. The van der Waals surface area contributed by atoms with Crippen molar-refractivity contribution in [3.05, 3.63) is 31.3 Å². The molecule has 0 nitrogen and oxygen atoms in total. The first-order chi connectivity index (χ1) is 8.59. The second-order valence-electron chi connectivity index (χ2n) is 5.37. The lowest BCUT2D eigenvalue weighted by Gasteiger charge is -2.38. The summed E-state index contributed by atoms with van der Waals surface area (Å²) in [6.45, 7) is 0. The van der Waals surface area contributed by atoms with Gasteiger partial charge in [0.1, 0.15) is 0 Å². The van der Waals surface area contributed by atoms with Crippen LogP contribution in [0.3, 0.4) is 0 Å². The maximum absolute atomic E-state index is 6.58. The standard InChI is InChI=1S/C14H14Cl4/c15-10-6-8-5-7-3-1-2-4-9(7)12(16)11(8)14(18)13(10)17/h7-8H,1-6H2. The molecule has 0 radical (unpaired) electrons. The third kappa shape index (κ3) is 2.06. The lowest BCUT2D eigenvalue weighted by molar-refractivity contribution is 0.359. The van der Waals surface area contributed by atoms with Gasteiger partial charge in [-0.15, -0.1) is 0 Å². The Hall–Kier alpha value is 0.380. The minimum absolute atomic E-state index is 0.354. The lowest BCUT2D eigenvalue weighted by Crippen LogP contribution is -2.25. The van der Waals surface area contributed by atoms with E-state index in [4.69, 9.17) is 46.4 Å². The van der Waals surface area contributed by atoms with Crippen LogP contribution in [0.1, 0.15) is 38.5 Å². The van der Waals surface area contributed by atoms with Crippen LogP contribution in [0.2, 0.25) is 0 Å². The smallest absolute Gasteiger partial charge is 0.0740 e. The van der Waals surface area contributed by atoms with E-state index in [1.807, 2.05) is 0 Å². The minimum Gasteiger partial charge on any atom is -0.0875 e. The highest BCUT2D eigenvalue weighted by Crippen LogP contribution is 2.53. The molecule has 0 spiro atoms. The van der Waals surface area contributed by atoms with Crippen LogP contribution in [0.4, 0.5) is 0 Å². The molecule has 3 rings (SSSR count). The number of hydrogen-bond acceptors (Lipinski definition) is 0. The van der Waals surface area contributed by atoms with Crippen molar-refractivity contribution in [2.45, 2.75) is 38.5 Å². The molecule has 0 heterocycles. The first-order valence-electron chi connectivity index (χ1n) is 6.42. The molecule has 2 atom stereocenters. The number of halogens is 4. The van der Waals surface area contributed by atoms with E-state index in [0.29, 0.717) is 26.9 Å². The maximum Gasteiger partial charge on any atom is 0.0740 e. The summed E-state index contributed by atoms with van der Waals surface area (Å²) in [5.41, 5.74) is 2.44. The second kappa shape index (κ2) is 5.05. The van der Waals surface area contributed by atoms with E-state index in [1.54, 1.807) is 0 Å². The van der Waals surface area contributed by atoms with Gasteiger partial charge in [0, 0.05) is 10.1 Å². The topological polar surface area (TPSA) is 0 Å². The van der Waals surface area contributed by atoms with Crippen LogP contribution in [0.5, 0.6) is 0 Å². The average molecular weight is 324 g/mol. The summed E-state index contributed by atoms with van der Waals surface area (Å²) in [5.74, 6) is 0.984. The molecule has 0 aromatic heterocycles. The van der Waals surface area contributed by atoms with E-state index in [9.17, 15) is 0 Å². The molecule has 0 bridgehead atoms. The quantitative estimate of drug-likeness (QED) is 0.492. The zero-order valence-electron chi connectivity index (χ0n) is 9.91. The van der Waals surface area contributed by atoms with Gasteiger partial charge in [0.2, 0.25) is 0 Å². The summed E-state index contributed by atoms with van der Waals surface area (Å²) in [4.78, 5) is 0. The molecule has 4 heteroatoms. The predicted octanol–water partition coefficient (Wildman–Crippen LogP) is 6.28. The highest BCUT2D eigenvalue weighted by Gasteiger charge is 2.38. The largest absolute Gasteiger partial charge is 0.0875 e. The SMILES string of the molecule is ClC1=C(Cl)C(Cl)=C2C(Cl)=C3CCCCC3CC2C1. The molecular weight excluding hydrogens is 310 g/mol. The average Bonchev–Trinajstić information content (AvgIpc) is 2.36. The van der Waals surface area contributed by atoms with Gasteiger partial charge in [0.05, 0.1) is 10.1 Å². The van der Waals surface area contributed by atoms with Crippen LogP contribution >= 0.6 is 46.4 Å². The Morgan fingerprint density at radius 3 is 2.39 bits per heavy atom. The van der Waals surface area contributed by atoms with Gasteiger partial charge in [-0.2, -0.15) is 0 Å². The number of hydrogen-bond donors (Lipinski definition) is 0. The highest BCUT2D eigenvalue weighted by molar-refractivity contribution is 6.49. The molecule has 3 aliphatic rings. The zero-order valence-corrected chi connectivity index (χ0v) is 12.9. The predicted molar refractivity (Wildman–Crippen MR) is 79.2 cm³/mol. The fraction of sp³-hybridized carbons (Fsp3) is 0.571. The van der Waals surface area contributed by atoms with E-state index < -0.39 is 0 Å². The van der Waals surface area contributed by atoms with Crippen LogP contribution in [0, 0.1) is 11.8 Å². The van der Waals surface area contributed by atoms with E-state index in [-0.39, 0.29) is 0 Å². The maximum atomic E-state index is 6.58. The Labute approximate surface area is 128 Å². The number of rotatable bonds is 0. The van der Waals surface area contributed by atoms with Gasteiger partial charge in [-0.25, -0.2) is 0 Å². The molecule has 3 aliphatic carbocycles. The molecule has 0 N–H and O–H groups in total. The van der Waals surface area contributed by atoms with Gasteiger partial charge in [-0.3, -0.25) is 0 Å². The van der Waals surface area contributed by atoms with Crippen molar-refractivity contribution in [2.24, 2.45) is 11.8 Å². The molecule has 2 unspecified atom stereocenters. The summed E-state index contributed by atoms with van der Waals surface area (Å²) in [7, 11) is 0. The van der Waals surface area contributed by atoms with Crippen molar-refractivity contribution >= 4 is 46.4 Å². The van der Waals surface area contributed by atoms with Gasteiger partial charge in [0.15, 0.2) is 0 Å². The molecule has 98 valence electrons. The van der Waals surface area contributed by atoms with Gasteiger partial charge in [-0.05, 0) is 55.1 Å². The molecule has 1 saturated carbocycles. The first-order valence-corrected chi connectivity index (χ1v) is 7.94. The summed E-state index contributed by atoms with van der Waals surface area (Å²) < 4.78 is 0. The summed E-state index contributed by atoms with van der Waals surface area (Å²) in [5, 5.41) is 2.61. The van der Waals surface area contributed by atoms with Crippen LogP contribution in [-0.2, 0) is 0 Å². The molecule has 18 heavy (non-hydrogen) atoms. The monoisotopic (exact) mass is 322 g/mol. The van der Waals surface area contributed by atoms with E-state index in [0.717, 1.165) is 29.9 Å². The number of fused-ring (bicyclic) bond motifs is 2. The fourth-order valence-corrected chi connectivity index (χ4v) is 4.87. The van der Waals surface area contributed by atoms with E-state index in [2.05, 4.69) is 0 Å². The molecule has 0 aromatic rings. The Morgan fingerprint density at radius 1 is 0.833 bits per heavy atom. The minimum atomic E-state index is 0.354. The van der Waals surface area contributed by atoms with Crippen LogP contribution < -0.4 is 0 Å². The van der Waals surface area contributed by atoms with E-state index in [1.165, 1.54) is 24.8 Å². The van der Waals surface area contributed by atoms with Gasteiger partial charge in [0.25, 0.3) is 0 Å². The van der Waals surface area contributed by atoms with Crippen molar-refractivity contribution in [1.82, 2.24) is 0 Å². The van der Waals surface area contributed by atoms with Gasteiger partial charge in [-0.1, -0.05) is 52.8 Å². The molecule has 1 fully saturated rings. The van der Waals surface area contributed by atoms with Gasteiger partial charge < -0.3 is 0 Å². The molecular formula is C14H14Cl4. The summed E-state index contributed by atoms with van der Waals surface area (Å²) in [6, 6.07) is 0. The van der Waals surface area contributed by atoms with Crippen LogP contribution in [-0.4, -0.2) is 0 Å². The lowest BCUT2D eigenvalue weighted by atomic mass is 9.70. The third-order valence-corrected chi connectivity index (χ3v) is 6.12. The Balaban J connectivity index is 2.11. The van der Waals surface area contributed by atoms with Gasteiger partial charge >= 0.3 is 0 Å². The Kier molecular flexibility index (Phi) is 3.75. The summed E-state index contributed by atoms with van der Waals surface area (Å²) >= 11 is 25.3. The first kappa shape index (κ1) is 13.4. The molecule has 0 aliphatic heterocycles. The normalized spacial score (nSPS) is 32.7. The molecule has 0 aromatic carbocycles. The van der Waals surface area contributed by atoms with Crippen molar-refractivity contribution in [2.75, 3.05) is 0 Å². The second-order valence-corrected chi connectivity index (χ2v) is 6.96. The van der Waals surface area contributed by atoms with Crippen molar-refractivity contribution in [3.63, 3.8) is 0 Å². The van der Waals surface area contributed by atoms with E-state index >= 15 is 0 Å². The van der Waals surface area contributed by atoms with Crippen molar-refractivity contribution < 1.29 is 0 Å². The van der Waals surface area contributed by atoms with Crippen LogP contribution in [0.25, 0.3) is 0 Å². The molecule has 0 amide bonds. The van der Waals surface area contributed by atoms with Crippen molar-refractivity contribution in [3.8, 4) is 0 Å². The van der Waals surface area contributed by atoms with Crippen LogP contribution in [0.15, 0.2) is 31.3 Å². The molecule has 0 saturated heterocycles. The third-order valence-electron chi connectivity index (χ3n) is 4.33. The Morgan fingerprint density at radius 2 is 1.61 bits per heavy atom. The Bertz CT molecular complexity index is 484. The highest BCUT2D eigenvalue weighted by atomic mass is 35.5. The zero-order chi connectivity index (χ0) is 12.9.